The summed E-state index contributed by atoms with van der Waals surface area (Å²) in [4.78, 5) is 2.28. The Balaban J connectivity index is 2.30. The van der Waals surface area contributed by atoms with Gasteiger partial charge in [0.15, 0.2) is 0 Å². The van der Waals surface area contributed by atoms with Crippen LogP contribution in [0.3, 0.4) is 0 Å². The Morgan fingerprint density at radius 1 is 1.13 bits per heavy atom. The Kier molecular flexibility index (Phi) is 3.05. The van der Waals surface area contributed by atoms with Gasteiger partial charge in [-0.1, -0.05) is 23.7 Å². The van der Waals surface area contributed by atoms with Crippen LogP contribution in [0.1, 0.15) is 4.88 Å². The van der Waals surface area contributed by atoms with Crippen molar-refractivity contribution >= 4 is 22.9 Å². The molecule has 0 saturated heterocycles. The first kappa shape index (κ1) is 10.2. The molecule has 1 aromatic heterocycles. The van der Waals surface area contributed by atoms with E-state index < -0.39 is 0 Å². The zero-order valence-corrected chi connectivity index (χ0v) is 9.48. The molecule has 0 radical (unpaired) electrons. The van der Waals surface area contributed by atoms with E-state index in [2.05, 4.69) is 6.07 Å². The third-order valence-electron chi connectivity index (χ3n) is 2.04. The van der Waals surface area contributed by atoms with Gasteiger partial charge in [0.1, 0.15) is 0 Å². The lowest BCUT2D eigenvalue weighted by Crippen LogP contribution is -1.70. The maximum absolute atomic E-state index is 8.58. The number of hydrogen-bond acceptors (Lipinski definition) is 2. The predicted molar refractivity (Wildman–Crippen MR) is 64.1 cm³/mol. The molecule has 0 atom stereocenters. The summed E-state index contributed by atoms with van der Waals surface area (Å²) in [5, 5.41) is 9.32. The molecule has 0 aliphatic rings. The molecule has 0 N–H and O–H groups in total. The van der Waals surface area contributed by atoms with Gasteiger partial charge in [-0.3, -0.25) is 0 Å². The van der Waals surface area contributed by atoms with E-state index in [1.54, 1.807) is 11.3 Å². The summed E-state index contributed by atoms with van der Waals surface area (Å²) in [5.74, 6) is 0. The van der Waals surface area contributed by atoms with Gasteiger partial charge in [0.2, 0.25) is 0 Å². The van der Waals surface area contributed by atoms with Gasteiger partial charge in [-0.05, 0) is 29.8 Å². The molecule has 0 bridgehead atoms. The van der Waals surface area contributed by atoms with Crippen LogP contribution in [0.4, 0.5) is 0 Å². The third-order valence-corrected chi connectivity index (χ3v) is 3.43. The first-order valence-electron chi connectivity index (χ1n) is 4.51. The second kappa shape index (κ2) is 4.48. The minimum atomic E-state index is 0.484. The molecule has 1 nitrogen and oxygen atoms in total. The van der Waals surface area contributed by atoms with Gasteiger partial charge in [0, 0.05) is 14.8 Å². The standard InChI is InChI=1S/C12H8ClNS/c13-10-3-1-9(2-4-10)12-6-5-11(15-12)7-8-14/h1-6H,7H2. The molecule has 0 unspecified atom stereocenters. The molecule has 0 aliphatic heterocycles. The summed E-state index contributed by atoms with van der Waals surface area (Å²) < 4.78 is 0. The second-order valence-electron chi connectivity index (χ2n) is 3.11. The van der Waals surface area contributed by atoms with E-state index in [0.717, 1.165) is 15.5 Å². The van der Waals surface area contributed by atoms with Gasteiger partial charge in [-0.2, -0.15) is 5.26 Å². The topological polar surface area (TPSA) is 23.8 Å². The lowest BCUT2D eigenvalue weighted by molar-refractivity contribution is 1.32. The number of rotatable bonds is 2. The summed E-state index contributed by atoms with van der Waals surface area (Å²) in [6.07, 6.45) is 0.484. The van der Waals surface area contributed by atoms with Gasteiger partial charge < -0.3 is 0 Å². The number of thiophene rings is 1. The van der Waals surface area contributed by atoms with Crippen LogP contribution in [-0.4, -0.2) is 0 Å². The summed E-state index contributed by atoms with van der Waals surface area (Å²) in [7, 11) is 0. The van der Waals surface area contributed by atoms with Crippen LogP contribution in [-0.2, 0) is 6.42 Å². The predicted octanol–water partition coefficient (Wildman–Crippen LogP) is 4.13. The number of nitriles is 1. The van der Waals surface area contributed by atoms with Crippen LogP contribution >= 0.6 is 22.9 Å². The highest BCUT2D eigenvalue weighted by atomic mass is 35.5. The molecule has 2 rings (SSSR count). The Hall–Kier alpha value is -1.30. The van der Waals surface area contributed by atoms with E-state index in [1.807, 2.05) is 36.4 Å². The molecule has 15 heavy (non-hydrogen) atoms. The highest BCUT2D eigenvalue weighted by Crippen LogP contribution is 2.29. The van der Waals surface area contributed by atoms with Crippen molar-refractivity contribution in [3.05, 3.63) is 46.3 Å². The maximum atomic E-state index is 8.58. The molecule has 1 heterocycles. The average molecular weight is 234 g/mol. The molecule has 3 heteroatoms. The fourth-order valence-corrected chi connectivity index (χ4v) is 2.39. The molecule has 0 fully saturated rings. The molecule has 74 valence electrons. The van der Waals surface area contributed by atoms with Crippen molar-refractivity contribution < 1.29 is 0 Å². The molecule has 0 saturated carbocycles. The monoisotopic (exact) mass is 233 g/mol. The minimum Gasteiger partial charge on any atom is -0.198 e. The van der Waals surface area contributed by atoms with Crippen molar-refractivity contribution in [2.45, 2.75) is 6.42 Å². The molecular formula is C12H8ClNS. The molecule has 0 spiro atoms. The quantitative estimate of drug-likeness (QED) is 0.765. The van der Waals surface area contributed by atoms with Gasteiger partial charge >= 0.3 is 0 Å². The van der Waals surface area contributed by atoms with Crippen molar-refractivity contribution in [3.63, 3.8) is 0 Å². The smallest absolute Gasteiger partial charge is 0.0695 e. The van der Waals surface area contributed by atoms with Gasteiger partial charge in [-0.25, -0.2) is 0 Å². The molecule has 2 aromatic rings. The molecule has 0 aliphatic carbocycles. The number of nitrogens with zero attached hydrogens (tertiary/aromatic N) is 1. The van der Waals surface area contributed by atoms with Crippen LogP contribution in [0.15, 0.2) is 36.4 Å². The van der Waals surface area contributed by atoms with E-state index in [9.17, 15) is 0 Å². The third kappa shape index (κ3) is 2.38. The van der Waals surface area contributed by atoms with Crippen LogP contribution in [0.5, 0.6) is 0 Å². The number of benzene rings is 1. The van der Waals surface area contributed by atoms with E-state index in [4.69, 9.17) is 16.9 Å². The first-order valence-corrected chi connectivity index (χ1v) is 5.70. The Morgan fingerprint density at radius 3 is 2.53 bits per heavy atom. The molecular weight excluding hydrogens is 226 g/mol. The zero-order chi connectivity index (χ0) is 10.7. The van der Waals surface area contributed by atoms with Crippen molar-refractivity contribution in [1.29, 1.82) is 5.26 Å². The first-order chi connectivity index (χ1) is 7.29. The molecule has 1 aromatic carbocycles. The van der Waals surface area contributed by atoms with Crippen LogP contribution in [0.2, 0.25) is 5.02 Å². The van der Waals surface area contributed by atoms with E-state index in [0.29, 0.717) is 6.42 Å². The van der Waals surface area contributed by atoms with Gasteiger partial charge in [0.05, 0.1) is 12.5 Å². The number of hydrogen-bond donors (Lipinski definition) is 0. The van der Waals surface area contributed by atoms with E-state index >= 15 is 0 Å². The SMILES string of the molecule is N#CCc1ccc(-c2ccc(Cl)cc2)s1. The normalized spacial score (nSPS) is 9.87. The number of halogens is 1. The average Bonchev–Trinajstić information content (AvgIpc) is 2.68. The highest BCUT2D eigenvalue weighted by Gasteiger charge is 2.02. The highest BCUT2D eigenvalue weighted by molar-refractivity contribution is 7.15. The largest absolute Gasteiger partial charge is 0.198 e. The summed E-state index contributed by atoms with van der Waals surface area (Å²) in [6.45, 7) is 0. The Labute approximate surface area is 97.6 Å². The lowest BCUT2D eigenvalue weighted by atomic mass is 10.2. The zero-order valence-electron chi connectivity index (χ0n) is 7.90. The van der Waals surface area contributed by atoms with Crippen molar-refractivity contribution in [2.24, 2.45) is 0 Å². The van der Waals surface area contributed by atoms with Crippen molar-refractivity contribution in [1.82, 2.24) is 0 Å². The van der Waals surface area contributed by atoms with E-state index in [1.165, 1.54) is 4.88 Å². The van der Waals surface area contributed by atoms with Gasteiger partial charge in [-0.15, -0.1) is 11.3 Å². The van der Waals surface area contributed by atoms with Crippen LogP contribution in [0, 0.1) is 11.3 Å². The summed E-state index contributed by atoms with van der Waals surface area (Å²) >= 11 is 7.47. The van der Waals surface area contributed by atoms with Crippen LogP contribution in [0.25, 0.3) is 10.4 Å². The minimum absolute atomic E-state index is 0.484. The van der Waals surface area contributed by atoms with Crippen LogP contribution < -0.4 is 0 Å². The van der Waals surface area contributed by atoms with E-state index in [-0.39, 0.29) is 0 Å². The summed E-state index contributed by atoms with van der Waals surface area (Å²) in [6, 6.07) is 13.9. The summed E-state index contributed by atoms with van der Waals surface area (Å²) in [5.41, 5.74) is 1.15. The van der Waals surface area contributed by atoms with Crippen molar-refractivity contribution in [3.8, 4) is 16.5 Å². The molecule has 0 amide bonds. The van der Waals surface area contributed by atoms with Crippen molar-refractivity contribution in [2.75, 3.05) is 0 Å². The fourth-order valence-electron chi connectivity index (χ4n) is 1.32. The lowest BCUT2D eigenvalue weighted by Gasteiger charge is -1.96. The van der Waals surface area contributed by atoms with Gasteiger partial charge in [0.25, 0.3) is 0 Å². The Bertz CT molecular complexity index is 493. The Morgan fingerprint density at radius 2 is 1.87 bits per heavy atom. The fraction of sp³-hybridized carbons (Fsp3) is 0.0833. The second-order valence-corrected chi connectivity index (χ2v) is 4.71. The maximum Gasteiger partial charge on any atom is 0.0695 e.